The molecule has 0 radical (unpaired) electrons. The van der Waals surface area contributed by atoms with Crippen LogP contribution in [0.5, 0.6) is 0 Å². The van der Waals surface area contributed by atoms with Gasteiger partial charge in [-0.2, -0.15) is 0 Å². The van der Waals surface area contributed by atoms with Crippen LogP contribution in [0.4, 0.5) is 0 Å². The molecule has 0 aliphatic rings. The molecule has 0 bridgehead atoms. The zero-order valence-corrected chi connectivity index (χ0v) is 26.7. The van der Waals surface area contributed by atoms with Crippen molar-refractivity contribution in [3.63, 3.8) is 0 Å². The molecule has 0 heterocycles. The van der Waals surface area contributed by atoms with Gasteiger partial charge in [0.15, 0.2) is 0 Å². The summed E-state index contributed by atoms with van der Waals surface area (Å²) in [6.07, 6.45) is 19.0. The zero-order valence-electron chi connectivity index (χ0n) is 21.5. The van der Waals surface area contributed by atoms with Crippen molar-refractivity contribution in [2.24, 2.45) is 0 Å². The minimum absolute atomic E-state index is 0. The predicted molar refractivity (Wildman–Crippen MR) is 143 cm³/mol. The fourth-order valence-electron chi connectivity index (χ4n) is 4.52. The number of unbranched alkanes of at least 4 members (excludes halogenated alkanes) is 12. The van der Waals surface area contributed by atoms with Gasteiger partial charge in [-0.3, -0.25) is 0 Å². The summed E-state index contributed by atoms with van der Waals surface area (Å²) < 4.78 is 35.7. The topological polar surface area (TPSA) is 87.2 Å². The van der Waals surface area contributed by atoms with E-state index in [-0.39, 0.29) is 59.3 Å². The average Bonchev–Trinajstić information content (AvgIpc) is 2.76. The van der Waals surface area contributed by atoms with E-state index in [0.717, 1.165) is 30.0 Å². The molecule has 2 rings (SSSR count). The molecule has 0 aliphatic carbocycles. The third-order valence-electron chi connectivity index (χ3n) is 6.47. The van der Waals surface area contributed by atoms with E-state index in [1.165, 1.54) is 82.6 Å². The average molecular weight is 614 g/mol. The van der Waals surface area contributed by atoms with Crippen LogP contribution in [0.1, 0.15) is 115 Å². The Kier molecular flexibility index (Phi) is 19.4. The van der Waals surface area contributed by atoms with Gasteiger partial charge in [0.2, 0.25) is 0 Å². The third-order valence-corrected chi connectivity index (χ3v) is 7.39. The fourth-order valence-corrected chi connectivity index (χ4v) is 5.27. The molecule has 2 aromatic carbocycles. The van der Waals surface area contributed by atoms with Crippen LogP contribution < -0.4 is 0 Å². The Morgan fingerprint density at radius 1 is 0.647 bits per heavy atom. The molecule has 0 fully saturated rings. The van der Waals surface area contributed by atoms with Crippen molar-refractivity contribution >= 4 is 69.8 Å². The quantitative estimate of drug-likeness (QED) is 0.104. The molecule has 188 valence electrons. The monoisotopic (exact) mass is 614 g/mol. The molecule has 0 saturated heterocycles. The molecular weight excluding hydrogens is 570 g/mol. The second kappa shape index (κ2) is 19.3. The van der Waals surface area contributed by atoms with Crippen molar-refractivity contribution in [2.75, 3.05) is 0 Å². The van der Waals surface area contributed by atoms with Gasteiger partial charge in [-0.05, 0) is 59.7 Å². The first-order valence-electron chi connectivity index (χ1n) is 13.0. The van der Waals surface area contributed by atoms with Crippen molar-refractivity contribution < 1.29 is 18.4 Å². The summed E-state index contributed by atoms with van der Waals surface area (Å²) in [5.74, 6) is 0. The van der Waals surface area contributed by atoms with Gasteiger partial charge in [0.05, 0.1) is 4.90 Å². The number of hydrogen-bond donors (Lipinski definition) is 0. The normalized spacial score (nSPS) is 11.3. The van der Waals surface area contributed by atoms with Gasteiger partial charge in [0.25, 0.3) is 0 Å². The Hall–Kier alpha value is 0.141. The number of rotatable bonds is 17. The van der Waals surface area contributed by atoms with Crippen LogP contribution in [-0.2, 0) is 23.0 Å². The van der Waals surface area contributed by atoms with Gasteiger partial charge in [-0.25, -0.2) is 8.42 Å². The van der Waals surface area contributed by atoms with E-state index in [1.807, 2.05) is 12.1 Å². The SMILES string of the molecule is CCCCCCCCCc1ccc2cc(S(=O)(=O)[O-])c(CCCCCCCCC)cc2c1.[Ba+2].[OH-]. The van der Waals surface area contributed by atoms with Crippen molar-refractivity contribution in [3.05, 3.63) is 41.5 Å². The number of hydrogen-bond acceptors (Lipinski definition) is 4. The van der Waals surface area contributed by atoms with E-state index in [2.05, 4.69) is 26.0 Å². The second-order valence-corrected chi connectivity index (χ2v) is 10.7. The molecule has 1 N–H and O–H groups in total. The Labute approximate surface area is 248 Å². The van der Waals surface area contributed by atoms with Crippen LogP contribution in [0.15, 0.2) is 35.2 Å². The van der Waals surface area contributed by atoms with Crippen molar-refractivity contribution in [3.8, 4) is 0 Å². The first-order chi connectivity index (χ1) is 15.5. The van der Waals surface area contributed by atoms with Crippen molar-refractivity contribution in [1.82, 2.24) is 0 Å². The standard InChI is InChI=1S/C28H44O3S.Ba.H2O/c1-3-5-7-9-11-13-15-17-24-19-20-25-23-28(32(29,30)31)26(22-27(25)21-24)18-16-14-12-10-8-6-4-2;;/h19-23H,3-18H2,1-2H3,(H,29,30,31);;1H2/q;+2;/p-2. The van der Waals surface area contributed by atoms with E-state index in [4.69, 9.17) is 0 Å². The van der Waals surface area contributed by atoms with Gasteiger partial charge in [0.1, 0.15) is 10.1 Å². The first kappa shape index (κ1) is 34.1. The van der Waals surface area contributed by atoms with E-state index >= 15 is 0 Å². The van der Waals surface area contributed by atoms with Crippen LogP contribution in [0, 0.1) is 0 Å². The van der Waals surface area contributed by atoms with Crippen molar-refractivity contribution in [2.45, 2.75) is 121 Å². The third kappa shape index (κ3) is 12.9. The maximum absolute atomic E-state index is 11.9. The molecule has 0 unspecified atom stereocenters. The number of aryl methyl sites for hydroxylation is 2. The molecule has 4 nitrogen and oxygen atoms in total. The molecule has 0 spiro atoms. The van der Waals surface area contributed by atoms with Crippen LogP contribution in [0.25, 0.3) is 10.8 Å². The smallest absolute Gasteiger partial charge is 0.870 e. The van der Waals surface area contributed by atoms with Gasteiger partial charge >= 0.3 is 48.9 Å². The summed E-state index contributed by atoms with van der Waals surface area (Å²) in [5, 5.41) is 1.89. The summed E-state index contributed by atoms with van der Waals surface area (Å²) >= 11 is 0. The van der Waals surface area contributed by atoms with Gasteiger partial charge in [-0.15, -0.1) is 0 Å². The molecule has 34 heavy (non-hydrogen) atoms. The van der Waals surface area contributed by atoms with E-state index in [1.54, 1.807) is 6.07 Å². The molecule has 0 aliphatic heterocycles. The van der Waals surface area contributed by atoms with E-state index in [0.29, 0.717) is 12.0 Å². The predicted octanol–water partition coefficient (Wildman–Crippen LogP) is 7.77. The molecule has 0 aromatic heterocycles. The zero-order chi connectivity index (χ0) is 23.2. The van der Waals surface area contributed by atoms with Gasteiger partial charge < -0.3 is 10.0 Å². The number of fused-ring (bicyclic) bond motifs is 1. The molecular formula is C28H44BaO4S. The minimum atomic E-state index is -4.47. The van der Waals surface area contributed by atoms with Gasteiger partial charge in [0, 0.05) is 0 Å². The van der Waals surface area contributed by atoms with Crippen molar-refractivity contribution in [1.29, 1.82) is 0 Å². The minimum Gasteiger partial charge on any atom is -0.870 e. The van der Waals surface area contributed by atoms with Crippen LogP contribution in [0.2, 0.25) is 0 Å². The first-order valence-corrected chi connectivity index (χ1v) is 14.4. The molecule has 0 amide bonds. The molecule has 6 heteroatoms. The van der Waals surface area contributed by atoms with E-state index < -0.39 is 10.1 Å². The summed E-state index contributed by atoms with van der Waals surface area (Å²) in [5.41, 5.74) is 1.99. The Morgan fingerprint density at radius 2 is 1.15 bits per heavy atom. The Bertz CT molecular complexity index is 912. The number of benzene rings is 2. The summed E-state index contributed by atoms with van der Waals surface area (Å²) in [6, 6.07) is 9.77. The van der Waals surface area contributed by atoms with Gasteiger partial charge in [-0.1, -0.05) is 109 Å². The maximum atomic E-state index is 11.9. The molecule has 0 saturated carbocycles. The van der Waals surface area contributed by atoms with Crippen LogP contribution in [-0.4, -0.2) is 67.3 Å². The fraction of sp³-hybridized carbons (Fsp3) is 0.643. The Morgan fingerprint density at radius 3 is 1.68 bits per heavy atom. The molecule has 2 aromatic rings. The van der Waals surface area contributed by atoms with Crippen LogP contribution in [0.3, 0.4) is 0 Å². The molecule has 0 atom stereocenters. The summed E-state index contributed by atoms with van der Waals surface area (Å²) in [4.78, 5) is -0.0317. The Balaban J connectivity index is 0.00000544. The summed E-state index contributed by atoms with van der Waals surface area (Å²) in [7, 11) is -4.47. The largest absolute Gasteiger partial charge is 2.00 e. The summed E-state index contributed by atoms with van der Waals surface area (Å²) in [6.45, 7) is 4.46. The van der Waals surface area contributed by atoms with E-state index in [9.17, 15) is 13.0 Å². The van der Waals surface area contributed by atoms with Crippen LogP contribution >= 0.6 is 0 Å². The second-order valence-electron chi connectivity index (χ2n) is 9.34. The maximum Gasteiger partial charge on any atom is 2.00 e.